The molecule has 8 unspecified atom stereocenters. The van der Waals surface area contributed by atoms with Crippen molar-refractivity contribution in [2.24, 2.45) is 28.3 Å². The molecule has 28 nitrogen and oxygen atoms in total. The van der Waals surface area contributed by atoms with Gasteiger partial charge in [-0.05, 0) is 158 Å². The average molecular weight is 1460 g/mol. The number of aromatic nitrogens is 1. The van der Waals surface area contributed by atoms with Crippen molar-refractivity contribution in [3.8, 4) is 0 Å². The van der Waals surface area contributed by atoms with E-state index in [0.717, 1.165) is 5.56 Å². The predicted octanol–water partition coefficient (Wildman–Crippen LogP) is 9.27. The monoisotopic (exact) mass is 1460 g/mol. The molecule has 1 aromatic heterocycles. The minimum absolute atomic E-state index is 0.0190. The molecule has 2 aliphatic rings. The Bertz CT molecular complexity index is 3650. The van der Waals surface area contributed by atoms with Crippen molar-refractivity contribution in [3.63, 3.8) is 0 Å². The summed E-state index contributed by atoms with van der Waals surface area (Å²) in [7, 11) is 1.42. The summed E-state index contributed by atoms with van der Waals surface area (Å²) < 4.78 is 13.0. The van der Waals surface area contributed by atoms with Gasteiger partial charge in [0.25, 0.3) is 0 Å². The number of likely N-dealkylation sites (N-methyl/N-ethyl adjacent to an activating group) is 1. The molecule has 1 fully saturated rings. The zero-order chi connectivity index (χ0) is 78.3. The van der Waals surface area contributed by atoms with Gasteiger partial charge in [0.1, 0.15) is 53.5 Å². The number of anilines is 1. The van der Waals surface area contributed by atoms with Gasteiger partial charge in [-0.15, -0.1) is 0 Å². The number of hydrogen-bond acceptors (Lipinski definition) is 16. The number of benzene rings is 2. The van der Waals surface area contributed by atoms with Gasteiger partial charge in [0, 0.05) is 74.1 Å². The lowest BCUT2D eigenvalue weighted by Gasteiger charge is -2.32. The lowest BCUT2D eigenvalue weighted by molar-refractivity contribution is -0.136. The fraction of sp³-hybridized carbons (Fsp3) is 0.636. The van der Waals surface area contributed by atoms with Crippen molar-refractivity contribution >= 4 is 87.6 Å². The molecule has 8 atom stereocenters. The predicted molar refractivity (Wildman–Crippen MR) is 401 cm³/mol. The number of nitrogens with one attached hydrogen (secondary N) is 9. The van der Waals surface area contributed by atoms with E-state index in [0.29, 0.717) is 73.8 Å². The molecular weight excluding hydrogens is 1340 g/mol. The molecule has 9 amide bonds. The zero-order valence-corrected chi connectivity index (χ0v) is 64.7. The molecular formula is C77H116N14O14. The van der Waals surface area contributed by atoms with E-state index in [4.69, 9.17) is 15.0 Å². The number of Topliss-reactive ketones (excluding diaryl/α,β-unsaturated/α-hetero) is 2. The molecule has 1 aliphatic heterocycles. The molecule has 3 aromatic rings. The highest BCUT2D eigenvalue weighted by Crippen LogP contribution is 2.37. The molecule has 2 aromatic carbocycles. The van der Waals surface area contributed by atoms with Crippen LogP contribution < -0.4 is 52.8 Å². The van der Waals surface area contributed by atoms with Crippen LogP contribution in [0.1, 0.15) is 212 Å². The number of amides is 9. The molecule has 0 radical (unpaired) electrons. The summed E-state index contributed by atoms with van der Waals surface area (Å²) in [5.74, 6) is -6.91. The van der Waals surface area contributed by atoms with Crippen molar-refractivity contribution < 1.29 is 67.0 Å². The van der Waals surface area contributed by atoms with E-state index in [1.165, 1.54) is 23.4 Å². The highest BCUT2D eigenvalue weighted by molar-refractivity contribution is 6.22. The highest BCUT2D eigenvalue weighted by atomic mass is 16.6. The van der Waals surface area contributed by atoms with Crippen LogP contribution >= 0.6 is 0 Å². The van der Waals surface area contributed by atoms with E-state index >= 15 is 4.79 Å². The molecule has 9 N–H and O–H groups in total. The largest absolute Gasteiger partial charge is 0.443 e. The van der Waals surface area contributed by atoms with Crippen molar-refractivity contribution in [1.82, 2.24) is 52.4 Å². The second-order valence-corrected chi connectivity index (χ2v) is 31.7. The summed E-state index contributed by atoms with van der Waals surface area (Å²) in [4.78, 5) is 175. The van der Waals surface area contributed by atoms with Gasteiger partial charge in [-0.25, -0.2) is 14.2 Å². The third-order valence-electron chi connectivity index (χ3n) is 17.9. The molecule has 0 bridgehead atoms. The van der Waals surface area contributed by atoms with Crippen LogP contribution in [0, 0.1) is 23.2 Å². The van der Waals surface area contributed by atoms with Crippen LogP contribution in [0.4, 0.5) is 15.3 Å². The lowest BCUT2D eigenvalue weighted by Crippen LogP contribution is -2.61. The summed E-state index contributed by atoms with van der Waals surface area (Å²) in [6.45, 7) is 28.7. The van der Waals surface area contributed by atoms with Crippen LogP contribution in [0.25, 0.3) is 21.3 Å². The summed E-state index contributed by atoms with van der Waals surface area (Å²) in [6.07, 6.45) is 2.05. The van der Waals surface area contributed by atoms with Gasteiger partial charge < -0.3 is 57.3 Å². The second-order valence-electron chi connectivity index (χ2n) is 31.7. The molecule has 28 heteroatoms. The first-order valence-electron chi connectivity index (χ1n) is 37.0. The third-order valence-corrected chi connectivity index (χ3v) is 17.9. The Morgan fingerprint density at radius 3 is 1.73 bits per heavy atom. The Morgan fingerprint density at radius 2 is 1.15 bits per heavy atom. The van der Waals surface area contributed by atoms with Gasteiger partial charge in [-0.1, -0.05) is 123 Å². The van der Waals surface area contributed by atoms with E-state index in [-0.39, 0.29) is 99.0 Å². The van der Waals surface area contributed by atoms with Crippen LogP contribution in [0.5, 0.6) is 0 Å². The summed E-state index contributed by atoms with van der Waals surface area (Å²) in [5.41, 5.74) is 9.69. The topological polar surface area (TPSA) is 388 Å². The Kier molecular flexibility index (Phi) is 32.6. The van der Waals surface area contributed by atoms with Gasteiger partial charge >= 0.3 is 12.2 Å². The maximum atomic E-state index is 15.2. The smallest absolute Gasteiger partial charge is 0.419 e. The lowest BCUT2D eigenvalue weighted by atomic mass is 9.73. The van der Waals surface area contributed by atoms with Crippen LogP contribution in [0.2, 0.25) is 0 Å². The number of allylic oxidation sites excluding steroid dienone is 2. The minimum atomic E-state index is -1.53. The molecule has 2 heterocycles. The van der Waals surface area contributed by atoms with E-state index in [1.54, 1.807) is 97.9 Å². The fourth-order valence-electron chi connectivity index (χ4n) is 13.1. The Hall–Kier alpha value is -9.33. The van der Waals surface area contributed by atoms with E-state index in [2.05, 4.69) is 57.9 Å². The first kappa shape index (κ1) is 86.3. The minimum Gasteiger partial charge on any atom is -0.443 e. The standard InChI is InChI=1S/C77H116N14O14/c1-18-19-30-54(83-71(100)59(42-52-40-50-29-21-23-34-61(50)91(52)74(103)105-76(12,13)14)87-67(96)53(82-48(8)92)31-24-26-35-80-56(37-45(2)3)64-62(93)43-77(15,16)44-63(64)94)69(98)88-65(47(6)7)72(101)84-55(32-25-27-36-81-89-78)68(97)85-57(38-46(4)5)70(99)86-58(66(95)79-17)41-51-39-49-28-20-22-33-60(49)90(51)73(102)104-75(9,10)11/h20-23,28-29,33-34,40,45-47,51,53-55,57-59,65,80H,18-19,24-27,30-32,35-39,41-44H2,1-17H3,(H,79,95)(H,82,92)(H,83,100)(H,84,101)(H,85,97)(H,86,99)(H,87,96)(H,88,98). The molecule has 0 spiro atoms. The van der Waals surface area contributed by atoms with E-state index in [9.17, 15) is 52.7 Å². The van der Waals surface area contributed by atoms with Crippen molar-refractivity contribution in [2.45, 2.75) is 273 Å². The van der Waals surface area contributed by atoms with E-state index in [1.807, 2.05) is 60.6 Å². The van der Waals surface area contributed by atoms with Gasteiger partial charge in [0.05, 0.1) is 16.8 Å². The van der Waals surface area contributed by atoms with Crippen molar-refractivity contribution in [1.29, 1.82) is 0 Å². The Balaban J connectivity index is 1.43. The van der Waals surface area contributed by atoms with Crippen molar-refractivity contribution in [3.05, 3.63) is 87.6 Å². The Morgan fingerprint density at radius 1 is 0.629 bits per heavy atom. The molecule has 578 valence electrons. The van der Waals surface area contributed by atoms with Gasteiger partial charge in [0.2, 0.25) is 47.3 Å². The number of rotatable bonds is 37. The third kappa shape index (κ3) is 27.0. The van der Waals surface area contributed by atoms with Crippen LogP contribution in [0.3, 0.4) is 0 Å². The number of ketones is 2. The number of azide groups is 1. The fourth-order valence-corrected chi connectivity index (χ4v) is 13.1. The van der Waals surface area contributed by atoms with Gasteiger partial charge in [-0.3, -0.25) is 52.8 Å². The quantitative estimate of drug-likeness (QED) is 0.00648. The highest BCUT2D eigenvalue weighted by Gasteiger charge is 2.42. The van der Waals surface area contributed by atoms with Gasteiger partial charge in [0.15, 0.2) is 11.6 Å². The number of fused-ring (bicyclic) bond motifs is 2. The number of ether oxygens (including phenoxy) is 2. The number of carbonyl (C=O) groups excluding carboxylic acids is 12. The van der Waals surface area contributed by atoms with Gasteiger partial charge in [-0.2, -0.15) is 0 Å². The number of hydrogen-bond donors (Lipinski definition) is 9. The van der Waals surface area contributed by atoms with Crippen LogP contribution in [0.15, 0.2) is 71.0 Å². The summed E-state index contributed by atoms with van der Waals surface area (Å²) in [5, 5.41) is 29.9. The number of nitrogens with zero attached hydrogens (tertiary/aromatic N) is 5. The first-order chi connectivity index (χ1) is 49.3. The number of para-hydroxylation sites is 2. The zero-order valence-electron chi connectivity index (χ0n) is 64.7. The molecule has 105 heavy (non-hydrogen) atoms. The molecule has 5 rings (SSSR count). The average Bonchev–Trinajstić information content (AvgIpc) is 1.60. The summed E-state index contributed by atoms with van der Waals surface area (Å²) >= 11 is 0. The maximum absolute atomic E-state index is 15.2. The first-order valence-corrected chi connectivity index (χ1v) is 37.0. The van der Waals surface area contributed by atoms with Crippen molar-refractivity contribution in [2.75, 3.05) is 25.0 Å². The number of carbonyl (C=O) groups is 12. The SMILES string of the molecule is CCCCC(NC(=O)C(Cc1cc2ccccc2n1C(=O)OC(C)(C)C)NC(=O)C(CCCCNC(CC(C)C)=C1C(=O)CC(C)(C)CC1=O)NC(C)=O)C(=O)NC(C(=O)NC(CCCCN=[N+]=[N-])C(=O)NC(CC(C)C)C(=O)NC(CC1Cc2ccccc2N1C(=O)OC(C)(C)C)C(=O)NC)C(C)C. The van der Waals surface area contributed by atoms with E-state index < -0.39 is 130 Å². The normalized spacial score (nSPS) is 16.3. The van der Waals surface area contributed by atoms with Crippen LogP contribution in [-0.2, 0) is 70.3 Å². The molecule has 1 aliphatic carbocycles. The molecule has 1 saturated carbocycles. The second kappa shape index (κ2) is 39.7. The Labute approximate surface area is 618 Å². The number of unbranched alkanes of at least 4 members (excludes halogenated alkanes) is 3. The molecule has 0 saturated heterocycles. The summed E-state index contributed by atoms with van der Waals surface area (Å²) in [6, 6.07) is 6.10. The maximum Gasteiger partial charge on any atom is 0.419 e. The van der Waals surface area contributed by atoms with Crippen LogP contribution in [-0.4, -0.2) is 155 Å².